The van der Waals surface area contributed by atoms with Crippen LogP contribution in [0.2, 0.25) is 0 Å². The molecule has 0 spiro atoms. The van der Waals surface area contributed by atoms with E-state index in [0.717, 1.165) is 9.88 Å². The van der Waals surface area contributed by atoms with Crippen molar-refractivity contribution >= 4 is 46.0 Å². The first-order valence-corrected chi connectivity index (χ1v) is 10.5. The van der Waals surface area contributed by atoms with Crippen LogP contribution < -0.4 is 14.8 Å². The monoisotopic (exact) mass is 444 g/mol. The van der Waals surface area contributed by atoms with Crippen molar-refractivity contribution in [3.8, 4) is 21.4 Å². The van der Waals surface area contributed by atoms with Crippen LogP contribution in [0.5, 0.6) is 11.5 Å². The van der Waals surface area contributed by atoms with Gasteiger partial charge in [-0.25, -0.2) is 9.78 Å². The molecule has 0 fully saturated rings. The zero-order valence-electron chi connectivity index (χ0n) is 16.0. The van der Waals surface area contributed by atoms with Crippen molar-refractivity contribution in [3.05, 3.63) is 45.8 Å². The van der Waals surface area contributed by atoms with E-state index in [9.17, 15) is 14.4 Å². The number of aryl methyl sites for hydroxylation is 1. The number of anilines is 1. The number of Topliss-reactive ketones (excluding diaryl/α,β-unsaturated/α-hetero) is 1. The number of amides is 1. The zero-order chi connectivity index (χ0) is 21.3. The van der Waals surface area contributed by atoms with Gasteiger partial charge in [-0.15, -0.1) is 22.7 Å². The normalized spacial score (nSPS) is 11.9. The molecule has 0 atom stereocenters. The molecule has 1 aliphatic rings. The number of thiophene rings is 1. The molecule has 30 heavy (non-hydrogen) atoms. The summed E-state index contributed by atoms with van der Waals surface area (Å²) in [5.41, 5.74) is 1.09. The molecule has 1 amide bonds. The Hall–Kier alpha value is -3.24. The van der Waals surface area contributed by atoms with Crippen molar-refractivity contribution in [3.63, 3.8) is 0 Å². The van der Waals surface area contributed by atoms with Gasteiger partial charge >= 0.3 is 5.97 Å². The van der Waals surface area contributed by atoms with Crippen LogP contribution in [0.15, 0.2) is 29.6 Å². The maximum atomic E-state index is 12.4. The molecule has 0 aliphatic carbocycles. The fraction of sp³-hybridized carbons (Fsp3) is 0.200. The number of nitrogens with zero attached hydrogens (tertiary/aromatic N) is 1. The molecule has 10 heteroatoms. The van der Waals surface area contributed by atoms with Crippen LogP contribution in [0, 0.1) is 6.92 Å². The van der Waals surface area contributed by atoms with Crippen molar-refractivity contribution in [1.29, 1.82) is 0 Å². The molecule has 0 unspecified atom stereocenters. The number of esters is 1. The van der Waals surface area contributed by atoms with Gasteiger partial charge in [0.15, 0.2) is 23.9 Å². The zero-order valence-corrected chi connectivity index (χ0v) is 17.6. The van der Waals surface area contributed by atoms with Gasteiger partial charge in [-0.1, -0.05) is 6.07 Å². The number of hydrogen-bond donors (Lipinski definition) is 1. The Bertz CT molecular complexity index is 1140. The highest BCUT2D eigenvalue weighted by Crippen LogP contribution is 2.37. The second-order valence-electron chi connectivity index (χ2n) is 6.34. The van der Waals surface area contributed by atoms with Gasteiger partial charge in [0.1, 0.15) is 9.88 Å². The van der Waals surface area contributed by atoms with E-state index in [1.54, 1.807) is 6.92 Å². The number of hydrogen-bond acceptors (Lipinski definition) is 9. The van der Waals surface area contributed by atoms with Gasteiger partial charge < -0.3 is 19.5 Å². The Labute approximate surface area is 179 Å². The fourth-order valence-corrected chi connectivity index (χ4v) is 4.57. The third-order valence-electron chi connectivity index (χ3n) is 4.21. The highest BCUT2D eigenvalue weighted by molar-refractivity contribution is 7.22. The van der Waals surface area contributed by atoms with E-state index < -0.39 is 18.5 Å². The minimum atomic E-state index is -0.625. The second-order valence-corrected chi connectivity index (χ2v) is 8.29. The quantitative estimate of drug-likeness (QED) is 0.454. The molecule has 0 saturated carbocycles. The number of rotatable bonds is 6. The highest BCUT2D eigenvalue weighted by Gasteiger charge is 2.22. The molecule has 3 aromatic rings. The number of thiazole rings is 1. The van der Waals surface area contributed by atoms with Crippen molar-refractivity contribution < 1.29 is 28.6 Å². The summed E-state index contributed by atoms with van der Waals surface area (Å²) < 4.78 is 15.7. The van der Waals surface area contributed by atoms with Crippen LogP contribution in [-0.2, 0) is 9.53 Å². The Morgan fingerprint density at radius 1 is 1.23 bits per heavy atom. The predicted molar refractivity (Wildman–Crippen MR) is 112 cm³/mol. The third kappa shape index (κ3) is 4.05. The second kappa shape index (κ2) is 8.25. The minimum Gasteiger partial charge on any atom is -0.454 e. The van der Waals surface area contributed by atoms with Crippen molar-refractivity contribution in [1.82, 2.24) is 4.98 Å². The lowest BCUT2D eigenvalue weighted by atomic mass is 10.1. The highest BCUT2D eigenvalue weighted by atomic mass is 32.1. The maximum Gasteiger partial charge on any atom is 0.350 e. The minimum absolute atomic E-state index is 0.0450. The molecule has 3 heterocycles. The summed E-state index contributed by atoms with van der Waals surface area (Å²) in [4.78, 5) is 42.3. The number of carbonyl (C=O) groups is 3. The van der Waals surface area contributed by atoms with E-state index in [2.05, 4.69) is 10.3 Å². The lowest BCUT2D eigenvalue weighted by Crippen LogP contribution is -2.22. The lowest BCUT2D eigenvalue weighted by molar-refractivity contribution is -0.119. The van der Waals surface area contributed by atoms with E-state index in [0.29, 0.717) is 22.1 Å². The molecular weight excluding hydrogens is 428 g/mol. The molecular formula is C20H16N2O6S2. The van der Waals surface area contributed by atoms with Crippen LogP contribution in [0.4, 0.5) is 5.69 Å². The fourth-order valence-electron chi connectivity index (χ4n) is 2.81. The Morgan fingerprint density at radius 2 is 2.00 bits per heavy atom. The Kier molecular flexibility index (Phi) is 5.51. The van der Waals surface area contributed by atoms with E-state index in [1.165, 1.54) is 41.7 Å². The third-order valence-corrected chi connectivity index (χ3v) is 6.39. The molecule has 0 saturated heterocycles. The first-order chi connectivity index (χ1) is 14.4. The average Bonchev–Trinajstić information content (AvgIpc) is 3.45. The van der Waals surface area contributed by atoms with Crippen molar-refractivity contribution in [2.45, 2.75) is 13.8 Å². The molecule has 154 valence electrons. The average molecular weight is 444 g/mol. The van der Waals surface area contributed by atoms with Crippen LogP contribution in [-0.4, -0.2) is 36.0 Å². The lowest BCUT2D eigenvalue weighted by Gasteiger charge is -2.11. The first-order valence-electron chi connectivity index (χ1n) is 8.85. The molecule has 1 aromatic carbocycles. The van der Waals surface area contributed by atoms with Gasteiger partial charge in [0, 0.05) is 11.6 Å². The molecule has 8 nitrogen and oxygen atoms in total. The van der Waals surface area contributed by atoms with Gasteiger partial charge in [-0.3, -0.25) is 9.59 Å². The van der Waals surface area contributed by atoms with Gasteiger partial charge in [0.25, 0.3) is 5.91 Å². The molecule has 0 radical (unpaired) electrons. The van der Waals surface area contributed by atoms with Gasteiger partial charge in [0.2, 0.25) is 6.79 Å². The SMILES string of the molecule is CC(=O)c1cc2c(cc1NC(=O)COC(=O)c1sc(-c3cccs3)nc1C)OCO2. The number of carbonyl (C=O) groups excluding carboxylic acids is 3. The summed E-state index contributed by atoms with van der Waals surface area (Å²) in [7, 11) is 0. The largest absolute Gasteiger partial charge is 0.454 e. The van der Waals surface area contributed by atoms with Crippen LogP contribution >= 0.6 is 22.7 Å². The van der Waals surface area contributed by atoms with Gasteiger partial charge in [-0.05, 0) is 31.4 Å². The summed E-state index contributed by atoms with van der Waals surface area (Å²) in [6.07, 6.45) is 0. The smallest absolute Gasteiger partial charge is 0.350 e. The van der Waals surface area contributed by atoms with Crippen LogP contribution in [0.3, 0.4) is 0 Å². The molecule has 2 aromatic heterocycles. The van der Waals surface area contributed by atoms with Crippen LogP contribution in [0.1, 0.15) is 32.6 Å². The van der Waals surface area contributed by atoms with E-state index in [1.807, 2.05) is 17.5 Å². The van der Waals surface area contributed by atoms with Crippen molar-refractivity contribution in [2.75, 3.05) is 18.7 Å². The number of aromatic nitrogens is 1. The number of nitrogens with one attached hydrogen (secondary N) is 1. The Balaban J connectivity index is 1.42. The summed E-state index contributed by atoms with van der Waals surface area (Å²) in [5, 5.41) is 5.25. The maximum absolute atomic E-state index is 12.4. The van der Waals surface area contributed by atoms with E-state index >= 15 is 0 Å². The molecule has 1 aliphatic heterocycles. The van der Waals surface area contributed by atoms with Gasteiger partial charge in [-0.2, -0.15) is 0 Å². The summed E-state index contributed by atoms with van der Waals surface area (Å²) in [6.45, 7) is 2.64. The number of fused-ring (bicyclic) bond motifs is 1. The van der Waals surface area contributed by atoms with E-state index in [4.69, 9.17) is 14.2 Å². The topological polar surface area (TPSA) is 104 Å². The number of benzene rings is 1. The summed E-state index contributed by atoms with van der Waals surface area (Å²) >= 11 is 2.75. The molecule has 0 bridgehead atoms. The molecule has 4 rings (SSSR count). The summed E-state index contributed by atoms with van der Waals surface area (Å²) in [6, 6.07) is 6.85. The van der Waals surface area contributed by atoms with E-state index in [-0.39, 0.29) is 23.8 Å². The summed E-state index contributed by atoms with van der Waals surface area (Å²) in [5.74, 6) is -0.590. The molecule has 1 N–H and O–H groups in total. The number of ether oxygens (including phenoxy) is 3. The van der Waals surface area contributed by atoms with Crippen molar-refractivity contribution in [2.24, 2.45) is 0 Å². The Morgan fingerprint density at radius 3 is 2.70 bits per heavy atom. The number of ketones is 1. The standard InChI is InChI=1S/C20H16N2O6S2/c1-10-18(30-19(21-10)16-4-3-5-29-16)20(25)26-8-17(24)22-13-7-15-14(27-9-28-15)6-12(13)11(2)23/h3-7H,8-9H2,1-2H3,(H,22,24). The predicted octanol–water partition coefficient (Wildman–Crippen LogP) is 3.91. The van der Waals surface area contributed by atoms with Crippen LogP contribution in [0.25, 0.3) is 9.88 Å². The first kappa shape index (κ1) is 20.0. The van der Waals surface area contributed by atoms with Gasteiger partial charge in [0.05, 0.1) is 16.3 Å².